The van der Waals surface area contributed by atoms with Crippen molar-refractivity contribution in [2.45, 2.75) is 0 Å². The van der Waals surface area contributed by atoms with Crippen LogP contribution in [-0.2, 0) is 0 Å². The van der Waals surface area contributed by atoms with Gasteiger partial charge in [-0.2, -0.15) is 0 Å². The third-order valence-electron chi connectivity index (χ3n) is 2.17. The Balaban J connectivity index is 2.24. The molecule has 0 saturated heterocycles. The average Bonchev–Trinajstić information content (AvgIpc) is 2.34. The van der Waals surface area contributed by atoms with Gasteiger partial charge in [0.15, 0.2) is 11.6 Å². The minimum absolute atomic E-state index is 0.0400. The van der Waals surface area contributed by atoms with Crippen LogP contribution < -0.4 is 4.74 Å². The predicted molar refractivity (Wildman–Crippen MR) is 72.3 cm³/mol. The Labute approximate surface area is 116 Å². The molecule has 0 atom stereocenters. The lowest BCUT2D eigenvalue weighted by atomic mass is 10.3. The molecule has 0 unspecified atom stereocenters. The minimum atomic E-state index is -0.761. The summed E-state index contributed by atoms with van der Waals surface area (Å²) < 4.78 is 19.9. The number of hydrogen-bond donors (Lipinski definition) is 0. The van der Waals surface area contributed by atoms with Crippen molar-refractivity contribution in [2.24, 2.45) is 0 Å². The second kappa shape index (κ2) is 5.30. The number of non-ortho nitro benzene ring substituents is 1. The van der Waals surface area contributed by atoms with E-state index in [1.54, 1.807) is 12.1 Å². The number of ether oxygens (including phenoxy) is 1. The third-order valence-corrected chi connectivity index (χ3v) is 2.89. The Morgan fingerprint density at radius 1 is 1.17 bits per heavy atom. The first-order valence-electron chi connectivity index (χ1n) is 4.93. The molecular weight excluding hydrogens is 352 g/mol. The van der Waals surface area contributed by atoms with Crippen molar-refractivity contribution >= 4 is 28.3 Å². The fraction of sp³-hybridized carbons (Fsp3) is 0. The van der Waals surface area contributed by atoms with Gasteiger partial charge in [0.2, 0.25) is 0 Å². The highest BCUT2D eigenvalue weighted by Crippen LogP contribution is 2.27. The first-order valence-corrected chi connectivity index (χ1v) is 6.01. The van der Waals surface area contributed by atoms with E-state index in [0.29, 0.717) is 5.75 Å². The molecule has 0 fully saturated rings. The van der Waals surface area contributed by atoms with E-state index in [4.69, 9.17) is 4.74 Å². The van der Waals surface area contributed by atoms with E-state index >= 15 is 0 Å². The van der Waals surface area contributed by atoms with Crippen molar-refractivity contribution in [1.29, 1.82) is 0 Å². The van der Waals surface area contributed by atoms with Gasteiger partial charge < -0.3 is 4.74 Å². The Morgan fingerprint density at radius 2 is 1.83 bits per heavy atom. The van der Waals surface area contributed by atoms with Gasteiger partial charge >= 0.3 is 0 Å². The number of nitro benzene ring substituents is 1. The zero-order chi connectivity index (χ0) is 13.1. The lowest BCUT2D eigenvalue weighted by Crippen LogP contribution is -1.92. The molecule has 2 aromatic rings. The summed E-state index contributed by atoms with van der Waals surface area (Å²) >= 11 is 2.14. The molecule has 0 aliphatic rings. The van der Waals surface area contributed by atoms with Crippen LogP contribution in [0.2, 0.25) is 0 Å². The topological polar surface area (TPSA) is 52.4 Å². The quantitative estimate of drug-likeness (QED) is 0.470. The van der Waals surface area contributed by atoms with Crippen LogP contribution in [0.1, 0.15) is 0 Å². The molecular formula is C12H7FINO3. The molecule has 92 valence electrons. The van der Waals surface area contributed by atoms with E-state index in [9.17, 15) is 14.5 Å². The number of benzene rings is 2. The number of hydrogen-bond acceptors (Lipinski definition) is 3. The Kier molecular flexibility index (Phi) is 3.75. The second-order valence-electron chi connectivity index (χ2n) is 3.43. The maximum absolute atomic E-state index is 13.5. The molecule has 18 heavy (non-hydrogen) atoms. The fourth-order valence-electron chi connectivity index (χ4n) is 1.32. The molecule has 0 N–H and O–H groups in total. The maximum Gasteiger partial charge on any atom is 0.272 e. The van der Waals surface area contributed by atoms with Crippen molar-refractivity contribution in [3.05, 3.63) is 62.0 Å². The van der Waals surface area contributed by atoms with Crippen molar-refractivity contribution in [2.75, 3.05) is 0 Å². The highest BCUT2D eigenvalue weighted by atomic mass is 127. The molecule has 0 aliphatic heterocycles. The van der Waals surface area contributed by atoms with Crippen LogP contribution in [-0.4, -0.2) is 4.92 Å². The van der Waals surface area contributed by atoms with Crippen LogP contribution in [0.15, 0.2) is 42.5 Å². The van der Waals surface area contributed by atoms with E-state index in [0.717, 1.165) is 9.64 Å². The molecule has 0 saturated carbocycles. The van der Waals surface area contributed by atoms with Crippen LogP contribution in [0.5, 0.6) is 11.5 Å². The SMILES string of the molecule is O=[N+]([O-])c1ccc(Oc2ccc(I)cc2)c(F)c1. The van der Waals surface area contributed by atoms with Gasteiger partial charge in [0.25, 0.3) is 5.69 Å². The molecule has 6 heteroatoms. The van der Waals surface area contributed by atoms with Gasteiger partial charge in [-0.3, -0.25) is 10.1 Å². The summed E-state index contributed by atoms with van der Waals surface area (Å²) in [6.45, 7) is 0. The summed E-state index contributed by atoms with van der Waals surface area (Å²) in [4.78, 5) is 9.80. The van der Waals surface area contributed by atoms with Gasteiger partial charge in [-0.25, -0.2) is 4.39 Å². The zero-order valence-electron chi connectivity index (χ0n) is 8.97. The second-order valence-corrected chi connectivity index (χ2v) is 4.67. The standard InChI is InChI=1S/C12H7FINO3/c13-11-7-9(15(16)17)3-6-12(11)18-10-4-1-8(14)2-5-10/h1-7H. The van der Waals surface area contributed by atoms with Gasteiger partial charge in [0.1, 0.15) is 5.75 Å². The first-order chi connectivity index (χ1) is 8.56. The molecule has 0 amide bonds. The fourth-order valence-corrected chi connectivity index (χ4v) is 1.68. The largest absolute Gasteiger partial charge is 0.454 e. The molecule has 0 heterocycles. The van der Waals surface area contributed by atoms with Gasteiger partial charge in [-0.1, -0.05) is 0 Å². The molecule has 4 nitrogen and oxygen atoms in total. The van der Waals surface area contributed by atoms with E-state index in [-0.39, 0.29) is 11.4 Å². The summed E-state index contributed by atoms with van der Waals surface area (Å²) in [6, 6.07) is 10.3. The van der Waals surface area contributed by atoms with Crippen LogP contribution in [0.4, 0.5) is 10.1 Å². The van der Waals surface area contributed by atoms with Crippen LogP contribution in [0.25, 0.3) is 0 Å². The van der Waals surface area contributed by atoms with Crippen molar-refractivity contribution in [1.82, 2.24) is 0 Å². The normalized spacial score (nSPS) is 10.1. The summed E-state index contributed by atoms with van der Waals surface area (Å²) in [6.07, 6.45) is 0. The Bertz CT molecular complexity index is 586. The Hall–Kier alpha value is -1.70. The van der Waals surface area contributed by atoms with Crippen molar-refractivity contribution in [3.8, 4) is 11.5 Å². The van der Waals surface area contributed by atoms with Crippen LogP contribution in [0.3, 0.4) is 0 Å². The summed E-state index contributed by atoms with van der Waals surface area (Å²) in [5.74, 6) is -0.326. The molecule has 0 bridgehead atoms. The number of halogens is 2. The Morgan fingerprint density at radius 3 is 2.39 bits per heavy atom. The van der Waals surface area contributed by atoms with Crippen LogP contribution in [0, 0.1) is 19.5 Å². The number of nitrogens with zero attached hydrogens (tertiary/aromatic N) is 1. The number of rotatable bonds is 3. The third kappa shape index (κ3) is 2.95. The highest BCUT2D eigenvalue weighted by Gasteiger charge is 2.12. The molecule has 0 spiro atoms. The smallest absolute Gasteiger partial charge is 0.272 e. The zero-order valence-corrected chi connectivity index (χ0v) is 11.1. The highest BCUT2D eigenvalue weighted by molar-refractivity contribution is 14.1. The summed E-state index contributed by atoms with van der Waals surface area (Å²) in [5.41, 5.74) is -0.303. The summed E-state index contributed by atoms with van der Waals surface area (Å²) in [5, 5.41) is 10.5. The van der Waals surface area contributed by atoms with E-state index in [2.05, 4.69) is 22.6 Å². The van der Waals surface area contributed by atoms with Gasteiger partial charge in [0.05, 0.1) is 11.0 Å². The lowest BCUT2D eigenvalue weighted by molar-refractivity contribution is -0.385. The van der Waals surface area contributed by atoms with Gasteiger partial charge in [-0.05, 0) is 52.9 Å². The monoisotopic (exact) mass is 359 g/mol. The minimum Gasteiger partial charge on any atom is -0.454 e. The predicted octanol–water partition coefficient (Wildman–Crippen LogP) is 4.13. The number of nitro groups is 1. The molecule has 2 rings (SSSR count). The van der Waals surface area contributed by atoms with E-state index in [1.807, 2.05) is 12.1 Å². The lowest BCUT2D eigenvalue weighted by Gasteiger charge is -2.06. The van der Waals surface area contributed by atoms with E-state index < -0.39 is 10.7 Å². The molecule has 0 aromatic heterocycles. The van der Waals surface area contributed by atoms with Crippen molar-refractivity contribution < 1.29 is 14.1 Å². The molecule has 2 aromatic carbocycles. The molecule has 0 radical (unpaired) electrons. The van der Waals surface area contributed by atoms with E-state index in [1.165, 1.54) is 12.1 Å². The van der Waals surface area contributed by atoms with Gasteiger partial charge in [0, 0.05) is 9.64 Å². The average molecular weight is 359 g/mol. The molecule has 0 aliphatic carbocycles. The first kappa shape index (κ1) is 12.7. The van der Waals surface area contributed by atoms with Gasteiger partial charge in [-0.15, -0.1) is 0 Å². The maximum atomic E-state index is 13.5. The summed E-state index contributed by atoms with van der Waals surface area (Å²) in [7, 11) is 0. The van der Waals surface area contributed by atoms with Crippen molar-refractivity contribution in [3.63, 3.8) is 0 Å². The van der Waals surface area contributed by atoms with Crippen LogP contribution >= 0.6 is 22.6 Å².